The van der Waals surface area contributed by atoms with Crippen molar-refractivity contribution < 1.29 is 61.7 Å². The lowest BCUT2D eigenvalue weighted by molar-refractivity contribution is -0.308. The van der Waals surface area contributed by atoms with Gasteiger partial charge in [0.05, 0.1) is 33.3 Å². The van der Waals surface area contributed by atoms with Crippen LogP contribution in [0.3, 0.4) is 0 Å². The summed E-state index contributed by atoms with van der Waals surface area (Å²) in [5.74, 6) is 0.760. The average molecular weight is 648 g/mol. The third kappa shape index (κ3) is 11.1. The van der Waals surface area contributed by atoms with Crippen molar-refractivity contribution in [2.75, 3.05) is 52.6 Å². The van der Waals surface area contributed by atoms with Gasteiger partial charge in [-0.1, -0.05) is 11.8 Å². The molecule has 0 unspecified atom stereocenters. The molecule has 3 aromatic rings. The summed E-state index contributed by atoms with van der Waals surface area (Å²) in [6.45, 7) is 1.86. The van der Waals surface area contributed by atoms with Crippen molar-refractivity contribution in [3.05, 3.63) is 30.6 Å². The Balaban J connectivity index is 1.58. The van der Waals surface area contributed by atoms with Crippen LogP contribution in [0.4, 0.5) is 15.5 Å². The maximum Gasteiger partial charge on any atom is 0.510 e. The first-order chi connectivity index (χ1) is 20.8. The Kier molecular flexibility index (Phi) is 13.7. The molecule has 0 aliphatic carbocycles. The number of fused-ring (bicyclic) bond motifs is 1. The largest absolute Gasteiger partial charge is 0.510 e. The van der Waals surface area contributed by atoms with E-state index in [0.717, 1.165) is 10.6 Å². The van der Waals surface area contributed by atoms with Crippen molar-refractivity contribution in [1.29, 1.82) is 0 Å². The molecule has 2 N–H and O–H groups in total. The number of ether oxygens (including phenoxy) is 6. The number of hydrogen-bond donors (Lipinski definition) is 1. The Bertz CT molecular complexity index is 1350. The quantitative estimate of drug-likeness (QED) is 0.0394. The first-order valence-corrected chi connectivity index (χ1v) is 15.0. The van der Waals surface area contributed by atoms with Gasteiger partial charge >= 0.3 is 19.9 Å². The van der Waals surface area contributed by atoms with E-state index in [9.17, 15) is 14.2 Å². The molecule has 0 spiro atoms. The fourth-order valence-electron chi connectivity index (χ4n) is 2.99. The maximum absolute atomic E-state index is 13.0. The zero-order valence-electron chi connectivity index (χ0n) is 23.4. The van der Waals surface area contributed by atoms with Gasteiger partial charge in [0.15, 0.2) is 12.0 Å². The summed E-state index contributed by atoms with van der Waals surface area (Å²) < 4.78 is 53.0. The van der Waals surface area contributed by atoms with Crippen molar-refractivity contribution in [2.24, 2.45) is 0 Å². The van der Waals surface area contributed by atoms with Crippen molar-refractivity contribution in [3.8, 4) is 5.75 Å². The number of rotatable bonds is 18. The van der Waals surface area contributed by atoms with E-state index in [-0.39, 0.29) is 32.3 Å². The molecule has 0 fully saturated rings. The number of carbonyl (C=O) groups is 2. The van der Waals surface area contributed by atoms with E-state index in [2.05, 4.69) is 43.7 Å². The fourth-order valence-corrected chi connectivity index (χ4v) is 4.73. The van der Waals surface area contributed by atoms with Gasteiger partial charge in [0.25, 0.3) is 0 Å². The second kappa shape index (κ2) is 17.4. The second-order valence-electron chi connectivity index (χ2n) is 7.70. The predicted molar refractivity (Wildman–Crippen MR) is 146 cm³/mol. The first kappa shape index (κ1) is 33.8. The van der Waals surface area contributed by atoms with Gasteiger partial charge in [0, 0.05) is 11.4 Å². The number of carbonyl (C=O) groups excluding carboxylic acids is 2. The molecule has 20 heteroatoms. The van der Waals surface area contributed by atoms with E-state index in [1.807, 2.05) is 24.3 Å². The van der Waals surface area contributed by atoms with Gasteiger partial charge in [-0.2, -0.15) is 14.8 Å². The lowest BCUT2D eigenvalue weighted by Crippen LogP contribution is -2.14. The molecule has 0 amide bonds. The highest BCUT2D eigenvalue weighted by molar-refractivity contribution is 7.99. The van der Waals surface area contributed by atoms with Gasteiger partial charge in [0.2, 0.25) is 19.5 Å². The number of nitrogens with zero attached hydrogens (tertiary/aromatic N) is 4. The zero-order chi connectivity index (χ0) is 31.1. The number of benzene rings is 1. The molecular weight excluding hydrogens is 617 g/mol. The second-order valence-corrected chi connectivity index (χ2v) is 10.5. The molecule has 0 aliphatic heterocycles. The molecular formula is C23H30N5O13PS. The van der Waals surface area contributed by atoms with Crippen LogP contribution in [0.25, 0.3) is 11.2 Å². The monoisotopic (exact) mass is 647 g/mol. The Morgan fingerprint density at radius 1 is 0.953 bits per heavy atom. The summed E-state index contributed by atoms with van der Waals surface area (Å²) in [6.07, 6.45) is -1.24. The summed E-state index contributed by atoms with van der Waals surface area (Å²) >= 11 is 1.35. The molecule has 1 aromatic carbocycles. The summed E-state index contributed by atoms with van der Waals surface area (Å²) in [7, 11) is -2.71. The molecule has 2 aromatic heterocycles. The molecule has 3 rings (SSSR count). The summed E-state index contributed by atoms with van der Waals surface area (Å²) in [6, 6.07) is 7.40. The van der Waals surface area contributed by atoms with Gasteiger partial charge in [-0.3, -0.25) is 4.57 Å². The lowest BCUT2D eigenvalue weighted by atomic mass is 10.3. The van der Waals surface area contributed by atoms with Crippen LogP contribution in [0.1, 0.15) is 13.8 Å². The minimum absolute atomic E-state index is 0.0360. The summed E-state index contributed by atoms with van der Waals surface area (Å²) in [5.41, 5.74) is 6.90. The van der Waals surface area contributed by atoms with Crippen molar-refractivity contribution in [3.63, 3.8) is 0 Å². The van der Waals surface area contributed by atoms with Gasteiger partial charge in [-0.05, 0) is 38.1 Å². The number of nitrogen functional groups attached to an aromatic ring is 1. The van der Waals surface area contributed by atoms with E-state index in [0.29, 0.717) is 16.2 Å². The molecule has 43 heavy (non-hydrogen) atoms. The third-order valence-corrected chi connectivity index (χ3v) is 6.91. The minimum Gasteiger partial charge on any atom is -0.497 e. The molecule has 18 nitrogen and oxygen atoms in total. The topological polar surface area (TPSA) is 213 Å². The third-order valence-electron chi connectivity index (χ3n) is 4.76. The van der Waals surface area contributed by atoms with Gasteiger partial charge < -0.3 is 38.7 Å². The lowest BCUT2D eigenvalue weighted by Gasteiger charge is -2.16. The highest BCUT2D eigenvalue weighted by Gasteiger charge is 2.30. The molecule has 0 saturated carbocycles. The molecule has 0 radical (unpaired) electrons. The van der Waals surface area contributed by atoms with Gasteiger partial charge in [0.1, 0.15) is 16.3 Å². The number of methoxy groups -OCH3 is 1. The highest BCUT2D eigenvalue weighted by atomic mass is 32.2. The molecule has 0 saturated heterocycles. The number of hydrogen-bond acceptors (Lipinski definition) is 18. The van der Waals surface area contributed by atoms with Gasteiger partial charge in [-0.25, -0.2) is 19.6 Å². The van der Waals surface area contributed by atoms with Crippen LogP contribution >= 0.6 is 19.4 Å². The Morgan fingerprint density at radius 3 is 2.16 bits per heavy atom. The minimum atomic E-state index is -4.30. The smallest absolute Gasteiger partial charge is 0.497 e. The molecule has 0 bridgehead atoms. The number of anilines is 1. The van der Waals surface area contributed by atoms with Crippen LogP contribution in [0.2, 0.25) is 0 Å². The van der Waals surface area contributed by atoms with Crippen LogP contribution in [0.5, 0.6) is 5.75 Å². The van der Waals surface area contributed by atoms with E-state index in [1.165, 1.54) is 18.1 Å². The fraction of sp³-hybridized carbons (Fsp3) is 0.435. The van der Waals surface area contributed by atoms with Crippen LogP contribution in [-0.4, -0.2) is 78.7 Å². The van der Waals surface area contributed by atoms with Crippen LogP contribution < -0.4 is 10.5 Å². The standard InChI is InChI=1S/C23H30N5O13PS/c1-4-34-22(29)36-13-38-40-42(31,41-39-14-37-23(30)35-5-2)15-33-11-10-28-12-25-18-19(28)26-21(24)27-20(18)43-17-8-6-16(32-3)7-9-17/h6-9,12H,4-5,10-11,13-15H2,1-3H3,(H2,24,26,27). The first-order valence-electron chi connectivity index (χ1n) is 12.5. The van der Waals surface area contributed by atoms with Crippen molar-refractivity contribution in [2.45, 2.75) is 30.3 Å². The molecule has 0 atom stereocenters. The number of imidazole rings is 1. The zero-order valence-corrected chi connectivity index (χ0v) is 25.1. The maximum atomic E-state index is 13.0. The van der Waals surface area contributed by atoms with Crippen LogP contribution in [0.15, 0.2) is 40.5 Å². The highest BCUT2D eigenvalue weighted by Crippen LogP contribution is 2.48. The van der Waals surface area contributed by atoms with E-state index >= 15 is 0 Å². The SMILES string of the molecule is CCOC(=O)OCOOP(=O)(COCCn1cnc2c(Sc3ccc(OC)cc3)nc(N)nc21)OOCOC(=O)OCC. The summed E-state index contributed by atoms with van der Waals surface area (Å²) in [4.78, 5) is 45.6. The van der Waals surface area contributed by atoms with E-state index in [4.69, 9.17) is 24.6 Å². The molecule has 236 valence electrons. The average Bonchev–Trinajstić information content (AvgIpc) is 3.39. The van der Waals surface area contributed by atoms with E-state index < -0.39 is 39.8 Å². The normalized spacial score (nSPS) is 11.3. The summed E-state index contributed by atoms with van der Waals surface area (Å²) in [5, 5.41) is 0.544. The van der Waals surface area contributed by atoms with E-state index in [1.54, 1.807) is 25.5 Å². The van der Waals surface area contributed by atoms with Crippen molar-refractivity contribution in [1.82, 2.24) is 19.5 Å². The Labute approximate surface area is 249 Å². The van der Waals surface area contributed by atoms with Crippen molar-refractivity contribution >= 4 is 48.8 Å². The molecule has 0 aliphatic rings. The predicted octanol–water partition coefficient (Wildman–Crippen LogP) is 3.89. The van der Waals surface area contributed by atoms with Gasteiger partial charge in [-0.15, -0.1) is 9.35 Å². The molecule has 2 heterocycles. The van der Waals surface area contributed by atoms with Crippen LogP contribution in [-0.2, 0) is 53.9 Å². The Morgan fingerprint density at radius 2 is 1.58 bits per heavy atom. The Hall–Kier alpha value is -3.71. The number of nitrogens with two attached hydrogens (primary N) is 1. The van der Waals surface area contributed by atoms with Crippen LogP contribution in [0, 0.1) is 0 Å². The number of aromatic nitrogens is 4.